The van der Waals surface area contributed by atoms with Crippen LogP contribution in [0.5, 0.6) is 0 Å². The highest BCUT2D eigenvalue weighted by Gasteiger charge is 2.12. The molecule has 0 spiro atoms. The van der Waals surface area contributed by atoms with Crippen LogP contribution in [0.1, 0.15) is 5.56 Å². The first-order chi connectivity index (χ1) is 8.97. The number of sulfonamides is 1. The van der Waals surface area contributed by atoms with Gasteiger partial charge in [-0.3, -0.25) is 0 Å². The Morgan fingerprint density at radius 2 is 1.53 bits per heavy atom. The summed E-state index contributed by atoms with van der Waals surface area (Å²) in [6.45, 7) is 1.88. The molecule has 0 aliphatic rings. The molecule has 2 aromatic carbocycles. The Labute approximate surface area is 116 Å². The molecule has 2 rings (SSSR count). The maximum Gasteiger partial charge on any atom is 0.299 e. The Balaban J connectivity index is 2.26. The third kappa shape index (κ3) is 3.62. The van der Waals surface area contributed by atoms with Gasteiger partial charge in [0.1, 0.15) is 0 Å². The third-order valence-corrected chi connectivity index (χ3v) is 3.83. The van der Waals surface area contributed by atoms with E-state index < -0.39 is 10.0 Å². The average Bonchev–Trinajstić information content (AvgIpc) is 2.39. The van der Waals surface area contributed by atoms with E-state index in [1.165, 1.54) is 12.1 Å². The van der Waals surface area contributed by atoms with Gasteiger partial charge in [0, 0.05) is 5.02 Å². The van der Waals surface area contributed by atoms with Crippen LogP contribution in [-0.2, 0) is 10.0 Å². The van der Waals surface area contributed by atoms with Crippen LogP contribution in [0.4, 0.5) is 5.69 Å². The van der Waals surface area contributed by atoms with E-state index in [0.29, 0.717) is 10.7 Å². The number of rotatable bonds is 3. The lowest BCUT2D eigenvalue weighted by Crippen LogP contribution is -1.95. The molecule has 0 heterocycles. The van der Waals surface area contributed by atoms with Crippen molar-refractivity contribution in [3.63, 3.8) is 0 Å². The van der Waals surface area contributed by atoms with Crippen molar-refractivity contribution in [1.82, 2.24) is 0 Å². The maximum absolute atomic E-state index is 11.9. The van der Waals surface area contributed by atoms with Gasteiger partial charge in [-0.05, 0) is 43.3 Å². The second kappa shape index (κ2) is 5.50. The summed E-state index contributed by atoms with van der Waals surface area (Å²) in [5.74, 6) is 0. The van der Waals surface area contributed by atoms with Crippen LogP contribution < -0.4 is 0 Å². The van der Waals surface area contributed by atoms with E-state index in [-0.39, 0.29) is 4.90 Å². The van der Waals surface area contributed by atoms with Gasteiger partial charge in [0.15, 0.2) is 0 Å². The summed E-state index contributed by atoms with van der Waals surface area (Å²) in [5, 5.41) is 4.25. The molecule has 0 saturated heterocycles. The Morgan fingerprint density at radius 1 is 0.947 bits per heavy atom. The van der Waals surface area contributed by atoms with Crippen molar-refractivity contribution in [3.05, 3.63) is 59.1 Å². The van der Waals surface area contributed by atoms with Crippen molar-refractivity contribution in [2.75, 3.05) is 0 Å². The first-order valence-corrected chi connectivity index (χ1v) is 7.29. The van der Waals surface area contributed by atoms with E-state index in [4.69, 9.17) is 11.6 Å². The highest BCUT2D eigenvalue weighted by molar-refractivity contribution is 7.90. The SMILES string of the molecule is Cc1ccc(S(=O)(=O)N=Nc2ccc(Cl)cc2)cc1. The summed E-state index contributed by atoms with van der Waals surface area (Å²) in [6.07, 6.45) is 0. The van der Waals surface area contributed by atoms with Crippen LogP contribution in [0.25, 0.3) is 0 Å². The van der Waals surface area contributed by atoms with Crippen LogP contribution in [0.3, 0.4) is 0 Å². The molecule has 0 unspecified atom stereocenters. The summed E-state index contributed by atoms with van der Waals surface area (Å²) in [4.78, 5) is 0.121. The molecule has 0 fully saturated rings. The zero-order valence-corrected chi connectivity index (χ0v) is 11.7. The molecular formula is C13H11ClN2O2S. The first kappa shape index (κ1) is 13.7. The second-order valence-corrected chi connectivity index (χ2v) is 5.97. The average molecular weight is 295 g/mol. The number of nitrogens with zero attached hydrogens (tertiary/aromatic N) is 2. The maximum atomic E-state index is 11.9. The van der Waals surface area contributed by atoms with Crippen LogP contribution in [0.15, 0.2) is 63.1 Å². The molecule has 0 aliphatic heterocycles. The fourth-order valence-electron chi connectivity index (χ4n) is 1.37. The fraction of sp³-hybridized carbons (Fsp3) is 0.0769. The molecule has 19 heavy (non-hydrogen) atoms. The van der Waals surface area contributed by atoms with Gasteiger partial charge in [0.2, 0.25) is 0 Å². The van der Waals surface area contributed by atoms with Gasteiger partial charge in [0.25, 0.3) is 10.0 Å². The highest BCUT2D eigenvalue weighted by Crippen LogP contribution is 2.19. The normalized spacial score (nSPS) is 11.9. The lowest BCUT2D eigenvalue weighted by Gasteiger charge is -1.98. The Kier molecular flexibility index (Phi) is 3.97. The molecule has 0 saturated carbocycles. The first-order valence-electron chi connectivity index (χ1n) is 5.48. The number of hydrogen-bond acceptors (Lipinski definition) is 3. The van der Waals surface area contributed by atoms with E-state index >= 15 is 0 Å². The van der Waals surface area contributed by atoms with Gasteiger partial charge in [-0.25, -0.2) is 0 Å². The van der Waals surface area contributed by atoms with Crippen molar-refractivity contribution < 1.29 is 8.42 Å². The summed E-state index contributed by atoms with van der Waals surface area (Å²) in [6, 6.07) is 12.9. The molecule has 0 N–H and O–H groups in total. The minimum atomic E-state index is -3.76. The largest absolute Gasteiger partial charge is 0.299 e. The summed E-state index contributed by atoms with van der Waals surface area (Å²) in [5.41, 5.74) is 1.41. The quantitative estimate of drug-likeness (QED) is 0.799. The summed E-state index contributed by atoms with van der Waals surface area (Å²) in [7, 11) is -3.76. The van der Waals surface area contributed by atoms with Gasteiger partial charge in [-0.15, -0.1) is 5.11 Å². The van der Waals surface area contributed by atoms with Gasteiger partial charge in [0.05, 0.1) is 10.6 Å². The van der Waals surface area contributed by atoms with Crippen LogP contribution in [0.2, 0.25) is 5.02 Å². The molecule has 0 amide bonds. The summed E-state index contributed by atoms with van der Waals surface area (Å²) >= 11 is 5.72. The third-order valence-electron chi connectivity index (χ3n) is 2.41. The fourth-order valence-corrected chi connectivity index (χ4v) is 2.27. The molecule has 0 bridgehead atoms. The van der Waals surface area contributed by atoms with E-state index in [0.717, 1.165) is 5.56 Å². The molecule has 6 heteroatoms. The Morgan fingerprint density at radius 3 is 2.11 bits per heavy atom. The molecule has 2 aromatic rings. The molecule has 0 atom stereocenters. The van der Waals surface area contributed by atoms with Crippen molar-refractivity contribution in [2.24, 2.45) is 9.63 Å². The molecule has 4 nitrogen and oxygen atoms in total. The minimum absolute atomic E-state index is 0.121. The van der Waals surface area contributed by atoms with Crippen LogP contribution >= 0.6 is 11.6 Å². The topological polar surface area (TPSA) is 58.9 Å². The predicted octanol–water partition coefficient (Wildman–Crippen LogP) is 4.12. The van der Waals surface area contributed by atoms with E-state index in [1.54, 1.807) is 36.4 Å². The molecule has 0 aromatic heterocycles. The smallest absolute Gasteiger partial charge is 0.198 e. The number of benzene rings is 2. The van der Waals surface area contributed by atoms with Gasteiger partial charge < -0.3 is 0 Å². The van der Waals surface area contributed by atoms with Crippen molar-refractivity contribution in [1.29, 1.82) is 0 Å². The number of aryl methyl sites for hydroxylation is 1. The van der Waals surface area contributed by atoms with Gasteiger partial charge >= 0.3 is 0 Å². The highest BCUT2D eigenvalue weighted by atomic mass is 35.5. The monoisotopic (exact) mass is 294 g/mol. The zero-order valence-electron chi connectivity index (χ0n) is 10.1. The van der Waals surface area contributed by atoms with Crippen molar-refractivity contribution in [3.8, 4) is 0 Å². The van der Waals surface area contributed by atoms with E-state index in [2.05, 4.69) is 9.63 Å². The second-order valence-electron chi connectivity index (χ2n) is 3.95. The van der Waals surface area contributed by atoms with E-state index in [9.17, 15) is 8.42 Å². The number of hydrogen-bond donors (Lipinski definition) is 0. The number of halogens is 1. The standard InChI is InChI=1S/C13H11ClN2O2S/c1-10-2-8-13(9-3-10)19(17,18)16-15-12-6-4-11(14)5-7-12/h2-9H,1H3. The summed E-state index contributed by atoms with van der Waals surface area (Å²) < 4.78 is 27.2. The predicted molar refractivity (Wildman–Crippen MR) is 74.3 cm³/mol. The Hall–Kier alpha value is -1.72. The van der Waals surface area contributed by atoms with Gasteiger partial charge in [-0.1, -0.05) is 33.8 Å². The molecule has 98 valence electrons. The minimum Gasteiger partial charge on any atom is -0.198 e. The van der Waals surface area contributed by atoms with Gasteiger partial charge in [-0.2, -0.15) is 8.42 Å². The van der Waals surface area contributed by atoms with Crippen LogP contribution in [-0.4, -0.2) is 8.42 Å². The lowest BCUT2D eigenvalue weighted by molar-refractivity contribution is 0.595. The van der Waals surface area contributed by atoms with E-state index in [1.807, 2.05) is 6.92 Å². The molecular weight excluding hydrogens is 284 g/mol. The lowest BCUT2D eigenvalue weighted by atomic mass is 10.2. The molecule has 0 aliphatic carbocycles. The Bertz CT molecular complexity index is 692. The van der Waals surface area contributed by atoms with Crippen molar-refractivity contribution >= 4 is 27.3 Å². The van der Waals surface area contributed by atoms with Crippen molar-refractivity contribution in [2.45, 2.75) is 11.8 Å². The molecule has 0 radical (unpaired) electrons. The van der Waals surface area contributed by atoms with Crippen LogP contribution in [0, 0.1) is 6.92 Å². The zero-order chi connectivity index (χ0) is 13.9.